The quantitative estimate of drug-likeness (QED) is 0.299. The van der Waals surface area contributed by atoms with E-state index in [1.54, 1.807) is 17.0 Å². The normalized spacial score (nSPS) is 30.2. The lowest BCUT2D eigenvalue weighted by Crippen LogP contribution is -2.70. The zero-order valence-corrected chi connectivity index (χ0v) is 28.0. The molecule has 1 spiro atoms. The lowest BCUT2D eigenvalue weighted by Gasteiger charge is -2.59. The van der Waals surface area contributed by atoms with Gasteiger partial charge in [-0.25, -0.2) is 14.8 Å². The number of likely N-dealkylation sites (tertiary alicyclic amines) is 1. The lowest BCUT2D eigenvalue weighted by molar-refractivity contribution is -0.163. The number of carboxylic acids is 1. The number of carbonyl (C=O) groups excluding carboxylic acids is 1. The number of alkyl halides is 6. The summed E-state index contributed by atoms with van der Waals surface area (Å²) in [7, 11) is 0. The largest absolute Gasteiger partial charge is 0.490 e. The highest BCUT2D eigenvalue weighted by atomic mass is 19.4. The number of benzene rings is 1. The highest BCUT2D eigenvalue weighted by molar-refractivity contribution is 5.99. The number of fused-ring (bicyclic) bond motifs is 2. The van der Waals surface area contributed by atoms with E-state index >= 15 is 0 Å². The van der Waals surface area contributed by atoms with Crippen molar-refractivity contribution in [2.45, 2.75) is 100 Å². The predicted molar refractivity (Wildman–Crippen MR) is 172 cm³/mol. The van der Waals surface area contributed by atoms with Crippen LogP contribution in [0.15, 0.2) is 24.4 Å². The van der Waals surface area contributed by atoms with Crippen LogP contribution >= 0.6 is 0 Å². The molecule has 2 N–H and O–H groups in total. The molecule has 4 bridgehead atoms. The number of carboxylic acid groups (broad SMARTS) is 1. The Kier molecular flexibility index (Phi) is 8.26. The van der Waals surface area contributed by atoms with Gasteiger partial charge >= 0.3 is 18.3 Å². The van der Waals surface area contributed by atoms with E-state index in [2.05, 4.69) is 15.3 Å². The molecule has 0 atom stereocenters. The average Bonchev–Trinajstić information content (AvgIpc) is 3.66. The van der Waals surface area contributed by atoms with Gasteiger partial charge in [0, 0.05) is 36.9 Å². The number of aromatic nitrogens is 2. The Labute approximate surface area is 291 Å². The third kappa shape index (κ3) is 6.10. The Bertz CT molecular complexity index is 1670. The van der Waals surface area contributed by atoms with Crippen molar-refractivity contribution in [2.24, 2.45) is 23.7 Å². The summed E-state index contributed by atoms with van der Waals surface area (Å²) >= 11 is 0. The van der Waals surface area contributed by atoms with E-state index < -0.39 is 47.6 Å². The smallest absolute Gasteiger partial charge is 0.434 e. The van der Waals surface area contributed by atoms with Crippen LogP contribution in [0.4, 0.5) is 38.0 Å². The van der Waals surface area contributed by atoms with Crippen LogP contribution in [-0.2, 0) is 16.4 Å². The monoisotopic (exact) mass is 721 g/mol. The van der Waals surface area contributed by atoms with Gasteiger partial charge in [-0.15, -0.1) is 0 Å². The Morgan fingerprint density at radius 2 is 1.61 bits per heavy atom. The van der Waals surface area contributed by atoms with Crippen LogP contribution in [0.3, 0.4) is 0 Å². The van der Waals surface area contributed by atoms with E-state index in [-0.39, 0.29) is 42.4 Å². The van der Waals surface area contributed by atoms with Crippen molar-refractivity contribution in [3.63, 3.8) is 0 Å². The Hall–Kier alpha value is -3.62. The zero-order chi connectivity index (χ0) is 35.9. The minimum atomic E-state index is -5.02. The van der Waals surface area contributed by atoms with Crippen LogP contribution in [0.1, 0.15) is 92.2 Å². The number of hydrogen-bond donors (Lipinski definition) is 2. The number of nitrogens with one attached hydrogen (secondary N) is 1. The Morgan fingerprint density at radius 1 is 0.961 bits per heavy atom. The molecule has 1 saturated heterocycles. The SMILES string of the molecule is O=C(NC1(C(=O)O)C2CC3CC(C2)CC1C3)c1cnc(N2CC3(CCCC3)c3cc(OC4CCN(CC(F)(F)F)CC4)ccc32)nc1C(F)(F)F. The first kappa shape index (κ1) is 34.5. The van der Waals surface area contributed by atoms with Crippen molar-refractivity contribution < 1.29 is 45.8 Å². The molecular weight excluding hydrogens is 680 g/mol. The number of halogens is 6. The predicted octanol–water partition coefficient (Wildman–Crippen LogP) is 6.87. The van der Waals surface area contributed by atoms with Crippen molar-refractivity contribution in [3.05, 3.63) is 41.2 Å². The molecule has 9 rings (SSSR count). The third-order valence-electron chi connectivity index (χ3n) is 12.7. The molecule has 3 heterocycles. The number of ether oxygens (including phenoxy) is 1. The van der Waals surface area contributed by atoms with Gasteiger partial charge in [0.25, 0.3) is 5.91 Å². The van der Waals surface area contributed by atoms with Crippen molar-refractivity contribution in [3.8, 4) is 5.75 Å². The highest BCUT2D eigenvalue weighted by Gasteiger charge is 2.62. The molecular formula is C36H41F6N5O4. The van der Waals surface area contributed by atoms with Gasteiger partial charge < -0.3 is 20.1 Å². The van der Waals surface area contributed by atoms with E-state index in [4.69, 9.17) is 4.74 Å². The minimum Gasteiger partial charge on any atom is -0.490 e. The van der Waals surface area contributed by atoms with Crippen LogP contribution in [0.2, 0.25) is 0 Å². The molecule has 1 aromatic carbocycles. The molecule has 9 nitrogen and oxygen atoms in total. The van der Waals surface area contributed by atoms with Gasteiger partial charge in [-0.3, -0.25) is 9.69 Å². The third-order valence-corrected chi connectivity index (χ3v) is 12.7. The number of aliphatic carboxylic acids is 1. The van der Waals surface area contributed by atoms with Crippen molar-refractivity contribution in [1.82, 2.24) is 20.2 Å². The van der Waals surface area contributed by atoms with Gasteiger partial charge in [0.05, 0.1) is 12.1 Å². The fourth-order valence-electron chi connectivity index (χ4n) is 10.7. The first-order valence-corrected chi connectivity index (χ1v) is 18.0. The molecule has 2 aromatic rings. The number of piperidine rings is 1. The summed E-state index contributed by atoms with van der Waals surface area (Å²) in [4.78, 5) is 37.8. The van der Waals surface area contributed by atoms with Gasteiger partial charge in [-0.05, 0) is 105 Å². The summed E-state index contributed by atoms with van der Waals surface area (Å²) in [5, 5.41) is 13.0. The molecule has 6 fully saturated rings. The molecule has 276 valence electrons. The molecule has 0 unspecified atom stereocenters. The molecule has 15 heteroatoms. The highest BCUT2D eigenvalue weighted by Crippen LogP contribution is 2.59. The van der Waals surface area contributed by atoms with Gasteiger partial charge in [0.15, 0.2) is 5.69 Å². The van der Waals surface area contributed by atoms with E-state index in [9.17, 15) is 41.0 Å². The number of hydrogen-bond acceptors (Lipinski definition) is 7. The average molecular weight is 722 g/mol. The van der Waals surface area contributed by atoms with Gasteiger partial charge in [-0.1, -0.05) is 12.8 Å². The standard InChI is InChI=1S/C36H41F6N5O4/c37-34(38,39)19-46-9-5-24(6-10-46)51-25-3-4-28-27(16-25)33(7-1-2-8-33)18-47(28)32-43-17-26(29(44-32)36(40,41)42)30(48)45-35(31(49)50)22-12-20-11-21(14-22)15-23(35)13-20/h3-4,16-17,20-24H,1-2,5-15,18-19H2,(H,45,48)(H,49,50). The Morgan fingerprint density at radius 3 is 2.20 bits per heavy atom. The Balaban J connectivity index is 1.06. The molecule has 7 aliphatic rings. The minimum absolute atomic E-state index is 0.211. The number of carbonyl (C=O) groups is 2. The van der Waals surface area contributed by atoms with Crippen LogP contribution in [-0.4, -0.2) is 75.8 Å². The van der Waals surface area contributed by atoms with Crippen molar-refractivity contribution in [1.29, 1.82) is 0 Å². The summed E-state index contributed by atoms with van der Waals surface area (Å²) in [5.74, 6) is -1.93. The maximum atomic E-state index is 14.7. The number of amides is 1. The fourth-order valence-corrected chi connectivity index (χ4v) is 10.7. The van der Waals surface area contributed by atoms with E-state index in [1.165, 1.54) is 4.90 Å². The first-order valence-electron chi connectivity index (χ1n) is 18.0. The number of rotatable bonds is 7. The topological polar surface area (TPSA) is 108 Å². The number of nitrogens with zero attached hydrogens (tertiary/aromatic N) is 4. The molecule has 5 saturated carbocycles. The fraction of sp³-hybridized carbons (Fsp3) is 0.667. The van der Waals surface area contributed by atoms with E-state index in [0.29, 0.717) is 68.3 Å². The lowest BCUT2D eigenvalue weighted by atomic mass is 9.48. The summed E-state index contributed by atoms with van der Waals surface area (Å²) in [6, 6.07) is 5.37. The molecule has 1 aromatic heterocycles. The second-order valence-corrected chi connectivity index (χ2v) is 15.8. The van der Waals surface area contributed by atoms with E-state index in [0.717, 1.165) is 43.9 Å². The molecule has 2 aliphatic heterocycles. The van der Waals surface area contributed by atoms with Gasteiger partial charge in [0.1, 0.15) is 17.4 Å². The molecule has 51 heavy (non-hydrogen) atoms. The van der Waals surface area contributed by atoms with Crippen molar-refractivity contribution >= 4 is 23.5 Å². The summed E-state index contributed by atoms with van der Waals surface area (Å²) in [5.41, 5.74) is -2.70. The summed E-state index contributed by atoms with van der Waals surface area (Å²) < 4.78 is 88.8. The summed E-state index contributed by atoms with van der Waals surface area (Å²) in [6.45, 7) is -0.0952. The molecule has 5 aliphatic carbocycles. The second kappa shape index (κ2) is 12.2. The van der Waals surface area contributed by atoms with Crippen LogP contribution in [0.5, 0.6) is 5.75 Å². The van der Waals surface area contributed by atoms with Gasteiger partial charge in [-0.2, -0.15) is 26.3 Å². The van der Waals surface area contributed by atoms with Crippen LogP contribution < -0.4 is 15.0 Å². The second-order valence-electron chi connectivity index (χ2n) is 15.8. The van der Waals surface area contributed by atoms with Crippen molar-refractivity contribution in [2.75, 3.05) is 31.1 Å². The zero-order valence-electron chi connectivity index (χ0n) is 28.0. The van der Waals surface area contributed by atoms with Crippen LogP contribution in [0.25, 0.3) is 0 Å². The maximum Gasteiger partial charge on any atom is 0.434 e. The maximum absolute atomic E-state index is 14.7. The summed E-state index contributed by atoms with van der Waals surface area (Å²) in [6.07, 6.45) is -0.794. The first-order chi connectivity index (χ1) is 24.1. The number of anilines is 2. The molecule has 1 amide bonds. The van der Waals surface area contributed by atoms with Gasteiger partial charge in [0.2, 0.25) is 5.95 Å². The molecule has 0 radical (unpaired) electrons. The van der Waals surface area contributed by atoms with E-state index in [1.807, 2.05) is 6.07 Å². The van der Waals surface area contributed by atoms with Crippen LogP contribution in [0, 0.1) is 23.7 Å².